The van der Waals surface area contributed by atoms with Crippen LogP contribution in [-0.4, -0.2) is 74.6 Å². The lowest BCUT2D eigenvalue weighted by molar-refractivity contribution is -0.222. The number of hydrogen-bond donors (Lipinski definition) is 1. The van der Waals surface area contributed by atoms with Crippen LogP contribution in [-0.2, 0) is 9.47 Å². The van der Waals surface area contributed by atoms with Gasteiger partial charge in [-0.1, -0.05) is 6.07 Å². The smallest absolute Gasteiger partial charge is 0.166 e. The Labute approximate surface area is 228 Å². The topological polar surface area (TPSA) is 107 Å². The lowest BCUT2D eigenvalue weighted by Gasteiger charge is -2.27. The lowest BCUT2D eigenvalue weighted by atomic mass is 10.2. The number of hydrogen-bond acceptors (Lipinski definition) is 8. The summed E-state index contributed by atoms with van der Waals surface area (Å²) in [5, 5.41) is 12.3. The van der Waals surface area contributed by atoms with Crippen molar-refractivity contribution in [1.82, 2.24) is 24.4 Å². The number of benzene rings is 1. The number of ether oxygens (including phenoxy) is 3. The summed E-state index contributed by atoms with van der Waals surface area (Å²) < 4.78 is 21.5. The zero-order valence-electron chi connectivity index (χ0n) is 21.1. The number of aliphatic hydroxyl groups is 1. The molecule has 1 fully saturated rings. The second-order valence-electron chi connectivity index (χ2n) is 9.64. The van der Waals surface area contributed by atoms with E-state index in [0.29, 0.717) is 24.5 Å². The highest BCUT2D eigenvalue weighted by atomic mass is 127. The van der Waals surface area contributed by atoms with Gasteiger partial charge in [-0.05, 0) is 54.6 Å². The van der Waals surface area contributed by atoms with Crippen LogP contribution in [0.4, 0.5) is 5.82 Å². The van der Waals surface area contributed by atoms with Gasteiger partial charge in [-0.2, -0.15) is 0 Å². The third kappa shape index (κ3) is 5.84. The van der Waals surface area contributed by atoms with Crippen LogP contribution in [0.15, 0.2) is 54.0 Å². The van der Waals surface area contributed by atoms with Gasteiger partial charge in [0.2, 0.25) is 0 Å². The predicted octanol–water partition coefficient (Wildman–Crippen LogP) is 4.29. The van der Waals surface area contributed by atoms with Crippen molar-refractivity contribution in [3.05, 3.63) is 52.6 Å². The van der Waals surface area contributed by atoms with Crippen molar-refractivity contribution in [2.45, 2.75) is 44.5 Å². The molecule has 1 aliphatic heterocycles. The van der Waals surface area contributed by atoms with E-state index in [1.54, 1.807) is 26.4 Å². The van der Waals surface area contributed by atoms with Crippen molar-refractivity contribution in [2.75, 3.05) is 20.7 Å². The molecule has 0 radical (unpaired) electrons. The average Bonchev–Trinajstić information content (AvgIpc) is 3.44. The van der Waals surface area contributed by atoms with Crippen molar-refractivity contribution in [3.63, 3.8) is 0 Å². The van der Waals surface area contributed by atoms with E-state index in [2.05, 4.69) is 48.6 Å². The third-order valence-electron chi connectivity index (χ3n) is 5.84. The Morgan fingerprint density at radius 3 is 2.89 bits per heavy atom. The molecule has 0 bridgehead atoms. The molecule has 0 saturated carbocycles. The van der Waals surface area contributed by atoms with Crippen molar-refractivity contribution < 1.29 is 19.3 Å². The Balaban J connectivity index is 1.39. The molecule has 3 atom stereocenters. The van der Waals surface area contributed by atoms with Crippen LogP contribution in [0.3, 0.4) is 0 Å². The van der Waals surface area contributed by atoms with Crippen LogP contribution in [0.5, 0.6) is 5.75 Å². The molecule has 5 rings (SSSR count). The van der Waals surface area contributed by atoms with Crippen molar-refractivity contribution in [2.24, 2.45) is 4.99 Å². The van der Waals surface area contributed by atoms with Gasteiger partial charge in [-0.3, -0.25) is 4.98 Å². The van der Waals surface area contributed by atoms with Crippen LogP contribution in [0.1, 0.15) is 26.5 Å². The van der Waals surface area contributed by atoms with E-state index >= 15 is 0 Å². The molecule has 1 aromatic carbocycles. The molecule has 11 heteroatoms. The van der Waals surface area contributed by atoms with Crippen LogP contribution in [0, 0.1) is 3.57 Å². The van der Waals surface area contributed by atoms with Crippen LogP contribution in [0.2, 0.25) is 0 Å². The standard InChI is InChI=1S/C26H29IN6O4/c1-26(2,34)37-22-11-17(13-35-21-12-20-16(10-19(21)27)6-5-8-28-20)36-25(22)33-9-7-18-23(31-15-32(3)4)29-14-30-24(18)33/h5-10,12,14-15,17,22,25,34H,11,13H2,1-4H3/b31-15+/t17-,22+,25+/m0/s1. The monoisotopic (exact) mass is 616 g/mol. The Bertz CT molecular complexity index is 1430. The van der Waals surface area contributed by atoms with Gasteiger partial charge in [0.1, 0.15) is 30.4 Å². The van der Waals surface area contributed by atoms with Gasteiger partial charge in [0.25, 0.3) is 0 Å². The van der Waals surface area contributed by atoms with Crippen LogP contribution in [0.25, 0.3) is 21.9 Å². The van der Waals surface area contributed by atoms with Crippen molar-refractivity contribution >= 4 is 56.7 Å². The summed E-state index contributed by atoms with van der Waals surface area (Å²) in [6.45, 7) is 3.55. The first-order chi connectivity index (χ1) is 17.7. The molecule has 37 heavy (non-hydrogen) atoms. The fourth-order valence-electron chi connectivity index (χ4n) is 4.35. The van der Waals surface area contributed by atoms with Gasteiger partial charge >= 0.3 is 0 Å². The Hall–Kier alpha value is -2.87. The summed E-state index contributed by atoms with van der Waals surface area (Å²) in [5.41, 5.74) is 1.55. The molecule has 4 heterocycles. The number of fused-ring (bicyclic) bond motifs is 2. The molecular formula is C26H29IN6O4. The molecular weight excluding hydrogens is 587 g/mol. The number of rotatable bonds is 8. The molecule has 1 N–H and O–H groups in total. The first kappa shape index (κ1) is 25.8. The Morgan fingerprint density at radius 1 is 1.27 bits per heavy atom. The lowest BCUT2D eigenvalue weighted by Crippen LogP contribution is -2.33. The molecule has 3 aromatic heterocycles. The fourth-order valence-corrected chi connectivity index (χ4v) is 4.99. The minimum absolute atomic E-state index is 0.266. The van der Waals surface area contributed by atoms with Gasteiger partial charge in [0.15, 0.2) is 17.8 Å². The van der Waals surface area contributed by atoms with Gasteiger partial charge in [0.05, 0.1) is 26.9 Å². The van der Waals surface area contributed by atoms with Crippen molar-refractivity contribution in [1.29, 1.82) is 0 Å². The molecule has 10 nitrogen and oxygen atoms in total. The minimum Gasteiger partial charge on any atom is -0.490 e. The van der Waals surface area contributed by atoms with E-state index in [9.17, 15) is 5.11 Å². The molecule has 0 amide bonds. The molecule has 0 unspecified atom stereocenters. The number of nitrogens with zero attached hydrogens (tertiary/aromatic N) is 6. The second-order valence-corrected chi connectivity index (χ2v) is 10.8. The Morgan fingerprint density at radius 2 is 2.11 bits per heavy atom. The second kappa shape index (κ2) is 10.5. The zero-order valence-corrected chi connectivity index (χ0v) is 23.2. The normalized spacial score (nSPS) is 20.3. The third-order valence-corrected chi connectivity index (χ3v) is 6.68. The summed E-state index contributed by atoms with van der Waals surface area (Å²) in [6.07, 6.45) is 6.16. The van der Waals surface area contributed by atoms with E-state index in [-0.39, 0.29) is 6.10 Å². The largest absolute Gasteiger partial charge is 0.490 e. The van der Waals surface area contributed by atoms with E-state index in [1.807, 2.05) is 54.0 Å². The molecule has 4 aromatic rings. The summed E-state index contributed by atoms with van der Waals surface area (Å²) >= 11 is 2.27. The maximum Gasteiger partial charge on any atom is 0.166 e. The predicted molar refractivity (Wildman–Crippen MR) is 149 cm³/mol. The number of pyridine rings is 1. The molecule has 1 aliphatic rings. The van der Waals surface area contributed by atoms with Crippen molar-refractivity contribution in [3.8, 4) is 5.75 Å². The van der Waals surface area contributed by atoms with E-state index in [1.165, 1.54) is 6.33 Å². The summed E-state index contributed by atoms with van der Waals surface area (Å²) in [5.74, 6) is -0.0170. The van der Waals surface area contributed by atoms with Gasteiger partial charge in [-0.25, -0.2) is 15.0 Å². The number of aromatic nitrogens is 4. The minimum atomic E-state index is -1.33. The molecule has 194 valence electrons. The maximum absolute atomic E-state index is 10.4. The first-order valence-corrected chi connectivity index (χ1v) is 13.0. The van der Waals surface area contributed by atoms with Gasteiger partial charge < -0.3 is 28.8 Å². The summed E-state index contributed by atoms with van der Waals surface area (Å²) in [7, 11) is 3.80. The van der Waals surface area contributed by atoms with Crippen LogP contribution < -0.4 is 4.74 Å². The SMILES string of the molecule is CN(C)/C=N/c1ncnc2c1ccn2[C@@H]1O[C@H](COc2cc3ncccc3cc2I)C[C@H]1OC(C)(C)O. The fraction of sp³-hybridized carbons (Fsp3) is 0.385. The quantitative estimate of drug-likeness (QED) is 0.135. The van der Waals surface area contributed by atoms with E-state index < -0.39 is 18.1 Å². The van der Waals surface area contributed by atoms with E-state index in [0.717, 1.165) is 25.6 Å². The summed E-state index contributed by atoms with van der Waals surface area (Å²) in [6, 6.07) is 9.86. The average molecular weight is 616 g/mol. The first-order valence-electron chi connectivity index (χ1n) is 11.9. The van der Waals surface area contributed by atoms with Gasteiger partial charge in [0, 0.05) is 44.4 Å². The highest BCUT2D eigenvalue weighted by Gasteiger charge is 2.41. The number of halogens is 1. The highest BCUT2D eigenvalue weighted by Crippen LogP contribution is 2.37. The van der Waals surface area contributed by atoms with Gasteiger partial charge in [-0.15, -0.1) is 0 Å². The van der Waals surface area contributed by atoms with E-state index in [4.69, 9.17) is 14.2 Å². The summed E-state index contributed by atoms with van der Waals surface area (Å²) in [4.78, 5) is 19.5. The highest BCUT2D eigenvalue weighted by molar-refractivity contribution is 14.1. The Kier molecular flexibility index (Phi) is 7.30. The van der Waals surface area contributed by atoms with Crippen LogP contribution >= 0.6 is 22.6 Å². The maximum atomic E-state index is 10.4. The zero-order chi connectivity index (χ0) is 26.2. The number of aliphatic imine (C=N–C) groups is 1. The molecule has 0 spiro atoms. The molecule has 1 saturated heterocycles. The molecule has 0 aliphatic carbocycles.